The molecule has 2 saturated heterocycles. The fourth-order valence-corrected chi connectivity index (χ4v) is 4.62. The van der Waals surface area contributed by atoms with Crippen molar-refractivity contribution in [2.75, 3.05) is 26.3 Å². The van der Waals surface area contributed by atoms with Gasteiger partial charge in [0.1, 0.15) is 17.1 Å². The van der Waals surface area contributed by atoms with Crippen LogP contribution in [-0.4, -0.2) is 58.4 Å². The van der Waals surface area contributed by atoms with Gasteiger partial charge in [-0.1, -0.05) is 0 Å². The van der Waals surface area contributed by atoms with Crippen molar-refractivity contribution >= 4 is 17.1 Å². The van der Waals surface area contributed by atoms with Crippen LogP contribution in [0, 0.1) is 0 Å². The maximum Gasteiger partial charge on any atom is 0.573 e. The van der Waals surface area contributed by atoms with Gasteiger partial charge in [0.2, 0.25) is 0 Å². The number of hydrogen-bond acceptors (Lipinski definition) is 5. The second-order valence-corrected chi connectivity index (χ2v) is 8.42. The van der Waals surface area contributed by atoms with Gasteiger partial charge in [-0.2, -0.15) is 0 Å². The molecule has 10 heteroatoms. The van der Waals surface area contributed by atoms with Crippen molar-refractivity contribution in [3.63, 3.8) is 0 Å². The number of halogens is 3. The van der Waals surface area contributed by atoms with E-state index >= 15 is 0 Å². The summed E-state index contributed by atoms with van der Waals surface area (Å²) in [7, 11) is 0. The molecule has 0 bridgehead atoms. The number of likely N-dealkylation sites (tertiary alicyclic amines) is 1. The average Bonchev–Trinajstić information content (AvgIpc) is 3.46. The molecular formula is C23H23F3N4O3. The van der Waals surface area contributed by atoms with Crippen molar-refractivity contribution in [2.45, 2.75) is 37.5 Å². The number of ether oxygens (including phenoxy) is 2. The molecule has 2 aliphatic heterocycles. The summed E-state index contributed by atoms with van der Waals surface area (Å²) >= 11 is 0. The van der Waals surface area contributed by atoms with Gasteiger partial charge in [-0.15, -0.1) is 13.2 Å². The van der Waals surface area contributed by atoms with Crippen LogP contribution in [0.3, 0.4) is 0 Å². The number of pyridine rings is 1. The number of carbonyl (C=O) groups is 1. The van der Waals surface area contributed by atoms with Gasteiger partial charge < -0.3 is 19.4 Å². The van der Waals surface area contributed by atoms with Crippen LogP contribution in [0.2, 0.25) is 0 Å². The van der Waals surface area contributed by atoms with Crippen LogP contribution in [0.5, 0.6) is 5.75 Å². The van der Waals surface area contributed by atoms with Gasteiger partial charge in [0.05, 0.1) is 0 Å². The van der Waals surface area contributed by atoms with E-state index in [2.05, 4.69) is 14.7 Å². The second-order valence-electron chi connectivity index (χ2n) is 8.42. The zero-order valence-corrected chi connectivity index (χ0v) is 17.8. The predicted octanol–water partition coefficient (Wildman–Crippen LogP) is 4.38. The third kappa shape index (κ3) is 4.66. The summed E-state index contributed by atoms with van der Waals surface area (Å²) in [6.45, 7) is 2.53. The van der Waals surface area contributed by atoms with Crippen LogP contribution in [0.4, 0.5) is 13.2 Å². The summed E-state index contributed by atoms with van der Waals surface area (Å²) < 4.78 is 46.4. The molecule has 2 fully saturated rings. The van der Waals surface area contributed by atoms with Gasteiger partial charge >= 0.3 is 6.36 Å². The lowest BCUT2D eigenvalue weighted by Gasteiger charge is -2.19. The molecule has 1 aromatic carbocycles. The number of aromatic amines is 1. The lowest BCUT2D eigenvalue weighted by Crippen LogP contribution is -2.28. The molecule has 1 atom stereocenters. The van der Waals surface area contributed by atoms with Crippen molar-refractivity contribution in [1.82, 2.24) is 19.9 Å². The number of fused-ring (bicyclic) bond motifs is 1. The first-order valence-electron chi connectivity index (χ1n) is 10.9. The molecule has 2 aromatic heterocycles. The van der Waals surface area contributed by atoms with Gasteiger partial charge in [-0.3, -0.25) is 4.79 Å². The minimum Gasteiger partial charge on any atom is -0.406 e. The zero-order chi connectivity index (χ0) is 23.0. The number of alkyl halides is 3. The van der Waals surface area contributed by atoms with E-state index in [0.29, 0.717) is 24.6 Å². The van der Waals surface area contributed by atoms with E-state index in [1.807, 2.05) is 6.07 Å². The van der Waals surface area contributed by atoms with Crippen molar-refractivity contribution in [3.8, 4) is 5.75 Å². The summed E-state index contributed by atoms with van der Waals surface area (Å²) in [5, 5.41) is 0. The molecule has 4 heterocycles. The molecule has 1 N–H and O–H groups in total. The number of amides is 1. The van der Waals surface area contributed by atoms with Gasteiger partial charge in [0.15, 0.2) is 5.65 Å². The summed E-state index contributed by atoms with van der Waals surface area (Å²) in [6, 6.07) is 6.98. The molecule has 0 radical (unpaired) electrons. The Bertz CT molecular complexity index is 1140. The number of carbonyl (C=O) groups excluding carboxylic acids is 1. The van der Waals surface area contributed by atoms with E-state index in [4.69, 9.17) is 9.72 Å². The van der Waals surface area contributed by atoms with Crippen molar-refractivity contribution in [1.29, 1.82) is 0 Å². The van der Waals surface area contributed by atoms with E-state index in [9.17, 15) is 18.0 Å². The Hall–Kier alpha value is -3.14. The Kier molecular flexibility index (Phi) is 5.69. The maximum absolute atomic E-state index is 12.9. The minimum absolute atomic E-state index is 0.109. The highest BCUT2D eigenvalue weighted by Gasteiger charge is 2.32. The second kappa shape index (κ2) is 8.66. The van der Waals surface area contributed by atoms with Gasteiger partial charge in [0.25, 0.3) is 5.91 Å². The quantitative estimate of drug-likeness (QED) is 0.625. The van der Waals surface area contributed by atoms with E-state index in [-0.39, 0.29) is 17.6 Å². The average molecular weight is 460 g/mol. The van der Waals surface area contributed by atoms with E-state index in [0.717, 1.165) is 67.2 Å². The summed E-state index contributed by atoms with van der Waals surface area (Å²) in [6.07, 6.45) is -0.380. The van der Waals surface area contributed by atoms with E-state index < -0.39 is 6.36 Å². The van der Waals surface area contributed by atoms with Crippen LogP contribution in [0.25, 0.3) is 11.2 Å². The number of rotatable bonds is 4. The number of hydrogen-bond donors (Lipinski definition) is 1. The number of H-pyrrole nitrogens is 1. The molecule has 2 aliphatic rings. The van der Waals surface area contributed by atoms with Crippen LogP contribution >= 0.6 is 0 Å². The predicted molar refractivity (Wildman–Crippen MR) is 113 cm³/mol. The van der Waals surface area contributed by atoms with E-state index in [1.54, 1.807) is 11.1 Å². The summed E-state index contributed by atoms with van der Waals surface area (Å²) in [5.74, 6) is 0.799. The molecule has 5 rings (SSSR count). The van der Waals surface area contributed by atoms with Crippen LogP contribution < -0.4 is 4.74 Å². The standard InChI is InChI=1S/C23H23F3N4O3/c24-23(25,26)33-17-3-1-15(2-4-17)22(31)30-10-6-16(13-30)18-5-9-27-21-19(18)28-20(29-21)14-7-11-32-12-8-14/h1-5,9,14,16H,6-8,10-13H2,(H,27,28,29). The van der Waals surface area contributed by atoms with Gasteiger partial charge in [-0.05, 0) is 55.2 Å². The van der Waals surface area contributed by atoms with Gasteiger partial charge in [-0.25, -0.2) is 9.97 Å². The minimum atomic E-state index is -4.76. The van der Waals surface area contributed by atoms with Gasteiger partial charge in [0, 0.05) is 49.9 Å². The highest BCUT2D eigenvalue weighted by Crippen LogP contribution is 2.34. The lowest BCUT2D eigenvalue weighted by atomic mass is 9.98. The Morgan fingerprint density at radius 1 is 1.09 bits per heavy atom. The first kappa shape index (κ1) is 21.7. The molecule has 0 aliphatic carbocycles. The third-order valence-corrected chi connectivity index (χ3v) is 6.29. The molecule has 174 valence electrons. The van der Waals surface area contributed by atoms with Crippen molar-refractivity contribution in [3.05, 3.63) is 53.5 Å². The molecule has 3 aromatic rings. The molecule has 0 saturated carbocycles. The maximum atomic E-state index is 12.9. The normalized spacial score (nSPS) is 19.8. The Balaban J connectivity index is 1.30. The van der Waals surface area contributed by atoms with Crippen LogP contribution in [-0.2, 0) is 4.74 Å². The molecule has 0 spiro atoms. The molecular weight excluding hydrogens is 437 g/mol. The van der Waals surface area contributed by atoms with Crippen LogP contribution in [0.15, 0.2) is 36.5 Å². The highest BCUT2D eigenvalue weighted by molar-refractivity contribution is 5.94. The molecule has 7 nitrogen and oxygen atoms in total. The number of imidazole rings is 1. The monoisotopic (exact) mass is 460 g/mol. The fourth-order valence-electron chi connectivity index (χ4n) is 4.62. The Labute approximate surface area is 187 Å². The SMILES string of the molecule is O=C(c1ccc(OC(F)(F)F)cc1)N1CCC(c2ccnc3[nH]c(C4CCOCC4)nc23)C1. The van der Waals surface area contributed by atoms with Crippen molar-refractivity contribution in [2.24, 2.45) is 0 Å². The smallest absolute Gasteiger partial charge is 0.406 e. The Morgan fingerprint density at radius 2 is 1.85 bits per heavy atom. The Morgan fingerprint density at radius 3 is 2.58 bits per heavy atom. The highest BCUT2D eigenvalue weighted by atomic mass is 19.4. The van der Waals surface area contributed by atoms with E-state index in [1.165, 1.54) is 12.1 Å². The molecule has 1 unspecified atom stereocenters. The van der Waals surface area contributed by atoms with Crippen LogP contribution in [0.1, 0.15) is 52.8 Å². The first-order valence-corrected chi connectivity index (χ1v) is 10.9. The zero-order valence-electron chi connectivity index (χ0n) is 17.8. The summed E-state index contributed by atoms with van der Waals surface area (Å²) in [5.41, 5.74) is 2.97. The topological polar surface area (TPSA) is 80.3 Å². The molecule has 1 amide bonds. The molecule has 33 heavy (non-hydrogen) atoms. The number of benzene rings is 1. The number of nitrogens with one attached hydrogen (secondary N) is 1. The van der Waals surface area contributed by atoms with Crippen molar-refractivity contribution < 1.29 is 27.4 Å². The fraction of sp³-hybridized carbons (Fsp3) is 0.435. The number of aromatic nitrogens is 3. The lowest BCUT2D eigenvalue weighted by molar-refractivity contribution is -0.274. The third-order valence-electron chi connectivity index (χ3n) is 6.29. The first-order chi connectivity index (χ1) is 15.9. The number of nitrogens with zero attached hydrogens (tertiary/aromatic N) is 3. The summed E-state index contributed by atoms with van der Waals surface area (Å²) in [4.78, 5) is 27.3. The largest absolute Gasteiger partial charge is 0.573 e.